The van der Waals surface area contributed by atoms with Crippen LogP contribution in [0.3, 0.4) is 0 Å². The second kappa shape index (κ2) is 6.53. The number of hydrogen-bond donors (Lipinski definition) is 1. The zero-order chi connectivity index (χ0) is 13.0. The van der Waals surface area contributed by atoms with E-state index in [1.165, 1.54) is 32.4 Å². The minimum atomic E-state index is 0.324. The van der Waals surface area contributed by atoms with Gasteiger partial charge in [-0.2, -0.15) is 0 Å². The Kier molecular flexibility index (Phi) is 5.01. The van der Waals surface area contributed by atoms with Crippen molar-refractivity contribution in [2.75, 3.05) is 32.7 Å². The summed E-state index contributed by atoms with van der Waals surface area (Å²) in [6, 6.07) is 1.10. The molecule has 0 radical (unpaired) electrons. The van der Waals surface area contributed by atoms with Gasteiger partial charge in [-0.15, -0.1) is 0 Å². The topological polar surface area (TPSA) is 35.6 Å². The van der Waals surface area contributed by atoms with Gasteiger partial charge in [0.05, 0.1) is 0 Å². The summed E-state index contributed by atoms with van der Waals surface area (Å²) in [6.07, 6.45) is 4.49. The molecule has 0 aromatic carbocycles. The van der Waals surface area contributed by atoms with E-state index in [1.807, 2.05) is 0 Å². The number of hydrogen-bond acceptors (Lipinski definition) is 3. The largest absolute Gasteiger partial charge is 0.341 e. The van der Waals surface area contributed by atoms with Crippen LogP contribution in [0, 0.1) is 0 Å². The number of amides is 1. The molecule has 1 N–H and O–H groups in total. The highest BCUT2D eigenvalue weighted by Crippen LogP contribution is 2.20. The van der Waals surface area contributed by atoms with E-state index in [1.54, 1.807) is 0 Å². The highest BCUT2D eigenvalue weighted by atomic mass is 16.2. The highest BCUT2D eigenvalue weighted by Gasteiger charge is 2.31. The van der Waals surface area contributed by atoms with Gasteiger partial charge in [0.1, 0.15) is 0 Å². The second-order valence-electron chi connectivity index (χ2n) is 5.88. The summed E-state index contributed by atoms with van der Waals surface area (Å²) in [6.45, 7) is 9.43. The maximum Gasteiger partial charge on any atom is 0.223 e. The summed E-state index contributed by atoms with van der Waals surface area (Å²) < 4.78 is 0. The lowest BCUT2D eigenvalue weighted by atomic mass is 10.2. The number of likely N-dealkylation sites (tertiary alicyclic amines) is 2. The van der Waals surface area contributed by atoms with Gasteiger partial charge in [0.2, 0.25) is 5.91 Å². The molecule has 104 valence electrons. The Morgan fingerprint density at radius 3 is 2.67 bits per heavy atom. The molecule has 2 saturated heterocycles. The number of rotatable bonds is 5. The van der Waals surface area contributed by atoms with Crippen molar-refractivity contribution < 1.29 is 4.79 Å². The van der Waals surface area contributed by atoms with Gasteiger partial charge >= 0.3 is 0 Å². The Morgan fingerprint density at radius 1 is 1.28 bits per heavy atom. The Labute approximate surface area is 111 Å². The lowest BCUT2D eigenvalue weighted by molar-refractivity contribution is -0.130. The van der Waals surface area contributed by atoms with Gasteiger partial charge in [-0.3, -0.25) is 9.69 Å². The van der Waals surface area contributed by atoms with Crippen LogP contribution in [-0.2, 0) is 4.79 Å². The van der Waals surface area contributed by atoms with Crippen LogP contribution in [0.2, 0.25) is 0 Å². The van der Waals surface area contributed by atoms with Crippen molar-refractivity contribution in [1.82, 2.24) is 15.1 Å². The van der Waals surface area contributed by atoms with Crippen LogP contribution in [0.4, 0.5) is 0 Å². The van der Waals surface area contributed by atoms with Crippen LogP contribution >= 0.6 is 0 Å². The predicted octanol–water partition coefficient (Wildman–Crippen LogP) is 1.07. The normalized spacial score (nSPS) is 25.3. The zero-order valence-corrected chi connectivity index (χ0v) is 11.8. The summed E-state index contributed by atoms with van der Waals surface area (Å²) in [5, 5.41) is 3.31. The van der Waals surface area contributed by atoms with E-state index in [4.69, 9.17) is 0 Å². The fraction of sp³-hybridized carbons (Fsp3) is 0.929. The molecule has 0 saturated carbocycles. The first kappa shape index (κ1) is 13.8. The molecule has 0 bridgehead atoms. The van der Waals surface area contributed by atoms with Crippen molar-refractivity contribution in [2.45, 2.75) is 51.6 Å². The fourth-order valence-corrected chi connectivity index (χ4v) is 3.00. The fourth-order valence-electron chi connectivity index (χ4n) is 3.00. The van der Waals surface area contributed by atoms with Crippen molar-refractivity contribution >= 4 is 5.91 Å². The Morgan fingerprint density at radius 2 is 2.00 bits per heavy atom. The van der Waals surface area contributed by atoms with Crippen molar-refractivity contribution in [1.29, 1.82) is 0 Å². The van der Waals surface area contributed by atoms with Crippen molar-refractivity contribution in [3.05, 3.63) is 0 Å². The lowest BCUT2D eigenvalue weighted by Crippen LogP contribution is -2.38. The molecule has 2 fully saturated rings. The molecule has 4 nitrogen and oxygen atoms in total. The Bertz CT molecular complexity index is 274. The summed E-state index contributed by atoms with van der Waals surface area (Å²) in [5.41, 5.74) is 0. The molecule has 0 aromatic heterocycles. The molecule has 2 rings (SSSR count). The average molecular weight is 253 g/mol. The maximum atomic E-state index is 12.1. The minimum Gasteiger partial charge on any atom is -0.341 e. The molecular formula is C14H27N3O. The second-order valence-corrected chi connectivity index (χ2v) is 5.88. The third-order valence-corrected chi connectivity index (χ3v) is 4.06. The molecule has 1 atom stereocenters. The van der Waals surface area contributed by atoms with Gasteiger partial charge in [-0.1, -0.05) is 13.8 Å². The lowest BCUT2D eigenvalue weighted by Gasteiger charge is -2.23. The van der Waals surface area contributed by atoms with Crippen LogP contribution in [0.1, 0.15) is 39.5 Å². The van der Waals surface area contributed by atoms with Gasteiger partial charge < -0.3 is 10.2 Å². The molecule has 2 aliphatic heterocycles. The van der Waals surface area contributed by atoms with Crippen molar-refractivity contribution in [3.63, 3.8) is 0 Å². The molecule has 4 heteroatoms. The third-order valence-electron chi connectivity index (χ3n) is 4.06. The first-order chi connectivity index (χ1) is 8.66. The molecule has 0 aliphatic carbocycles. The maximum absolute atomic E-state index is 12.1. The van der Waals surface area contributed by atoms with Crippen LogP contribution in [-0.4, -0.2) is 60.5 Å². The molecule has 1 unspecified atom stereocenters. The summed E-state index contributed by atoms with van der Waals surface area (Å²) >= 11 is 0. The quantitative estimate of drug-likeness (QED) is 0.796. The molecule has 2 aliphatic rings. The van der Waals surface area contributed by atoms with E-state index >= 15 is 0 Å². The van der Waals surface area contributed by atoms with Crippen LogP contribution < -0.4 is 5.32 Å². The number of nitrogens with one attached hydrogen (secondary N) is 1. The number of carbonyl (C=O) groups is 1. The molecular weight excluding hydrogens is 226 g/mol. The Balaban J connectivity index is 1.69. The highest BCUT2D eigenvalue weighted by molar-refractivity contribution is 5.76. The molecule has 2 heterocycles. The van der Waals surface area contributed by atoms with E-state index in [-0.39, 0.29) is 0 Å². The average Bonchev–Trinajstić information content (AvgIpc) is 2.99. The van der Waals surface area contributed by atoms with Crippen LogP contribution in [0.15, 0.2) is 0 Å². The van der Waals surface area contributed by atoms with Crippen LogP contribution in [0.25, 0.3) is 0 Å². The van der Waals surface area contributed by atoms with Gasteiger partial charge in [-0.25, -0.2) is 0 Å². The zero-order valence-electron chi connectivity index (χ0n) is 11.8. The summed E-state index contributed by atoms with van der Waals surface area (Å²) in [5.74, 6) is 0.324. The van der Waals surface area contributed by atoms with Gasteiger partial charge in [-0.05, 0) is 32.4 Å². The molecule has 1 amide bonds. The van der Waals surface area contributed by atoms with E-state index in [0.29, 0.717) is 24.4 Å². The summed E-state index contributed by atoms with van der Waals surface area (Å²) in [7, 11) is 0. The van der Waals surface area contributed by atoms with Crippen LogP contribution in [0.5, 0.6) is 0 Å². The third kappa shape index (κ3) is 3.69. The number of nitrogens with zero attached hydrogens (tertiary/aromatic N) is 2. The van der Waals surface area contributed by atoms with Gasteiger partial charge in [0, 0.05) is 38.1 Å². The standard InChI is InChI=1S/C14H27N3O/c1-12(2)15-7-5-14(18)17-10-6-13(11-17)16-8-3-4-9-16/h12-13,15H,3-11H2,1-2H3. The van der Waals surface area contributed by atoms with Crippen molar-refractivity contribution in [2.24, 2.45) is 0 Å². The molecule has 0 spiro atoms. The first-order valence-electron chi connectivity index (χ1n) is 7.42. The predicted molar refractivity (Wildman–Crippen MR) is 73.5 cm³/mol. The van der Waals surface area contributed by atoms with E-state index in [9.17, 15) is 4.79 Å². The summed E-state index contributed by atoms with van der Waals surface area (Å²) in [4.78, 5) is 16.7. The van der Waals surface area contributed by atoms with Crippen molar-refractivity contribution in [3.8, 4) is 0 Å². The van der Waals surface area contributed by atoms with Gasteiger partial charge in [0.25, 0.3) is 0 Å². The van der Waals surface area contributed by atoms with Gasteiger partial charge in [0.15, 0.2) is 0 Å². The SMILES string of the molecule is CC(C)NCCC(=O)N1CCC(N2CCCC2)C1. The first-order valence-corrected chi connectivity index (χ1v) is 7.42. The Hall–Kier alpha value is -0.610. The monoisotopic (exact) mass is 253 g/mol. The van der Waals surface area contributed by atoms with E-state index in [0.717, 1.165) is 19.6 Å². The smallest absolute Gasteiger partial charge is 0.223 e. The van der Waals surface area contributed by atoms with E-state index in [2.05, 4.69) is 29.0 Å². The molecule has 18 heavy (non-hydrogen) atoms. The minimum absolute atomic E-state index is 0.324. The van der Waals surface area contributed by atoms with E-state index < -0.39 is 0 Å². The molecule has 0 aromatic rings. The number of carbonyl (C=O) groups excluding carboxylic acids is 1.